The van der Waals surface area contributed by atoms with E-state index in [2.05, 4.69) is 13.1 Å². The minimum atomic E-state index is -3.99. The van der Waals surface area contributed by atoms with Crippen LogP contribution in [0.3, 0.4) is 0 Å². The number of hydrogen-bond acceptors (Lipinski definition) is 6. The third-order valence-electron chi connectivity index (χ3n) is 8.44. The Balaban J connectivity index is 2.07. The molecule has 222 valence electrons. The van der Waals surface area contributed by atoms with E-state index in [-0.39, 0.29) is 4.90 Å². The molecule has 1 aliphatic heterocycles. The van der Waals surface area contributed by atoms with Crippen molar-refractivity contribution in [3.8, 4) is 0 Å². The Bertz CT molecular complexity index is 1570. The molecule has 0 unspecified atom stereocenters. The van der Waals surface area contributed by atoms with E-state index in [1.165, 1.54) is 11.4 Å². The van der Waals surface area contributed by atoms with Crippen molar-refractivity contribution in [2.75, 3.05) is 14.2 Å². The summed E-state index contributed by atoms with van der Waals surface area (Å²) in [6.45, 7) is 14.1. The van der Waals surface area contributed by atoms with Crippen LogP contribution in [0.5, 0.6) is 0 Å². The minimum Gasteiger partial charge on any atom is -0.465 e. The first-order valence-electron chi connectivity index (χ1n) is 13.9. The number of benzene rings is 3. The van der Waals surface area contributed by atoms with Gasteiger partial charge in [0.15, 0.2) is 0 Å². The Labute approximate surface area is 251 Å². The maximum atomic E-state index is 14.3. The first-order chi connectivity index (χ1) is 19.5. The number of ether oxygens (including phenoxy) is 1. The maximum Gasteiger partial charge on any atom is 0.496 e. The molecule has 1 saturated heterocycles. The number of rotatable bonds is 8. The lowest BCUT2D eigenvalue weighted by atomic mass is 9.74. The molecule has 0 amide bonds. The van der Waals surface area contributed by atoms with Crippen LogP contribution in [0.15, 0.2) is 89.1 Å². The molecule has 3 aromatic carbocycles. The number of carbonyl (C=O) groups excluding carboxylic acids is 1. The molecule has 1 heterocycles. The van der Waals surface area contributed by atoms with Gasteiger partial charge in [-0.2, -0.15) is 0 Å². The van der Waals surface area contributed by atoms with Gasteiger partial charge in [-0.3, -0.25) is 4.31 Å². The van der Waals surface area contributed by atoms with Crippen molar-refractivity contribution in [3.63, 3.8) is 0 Å². The second kappa shape index (κ2) is 11.5. The molecule has 0 N–H and O–H groups in total. The molecule has 3 aromatic rings. The van der Waals surface area contributed by atoms with Crippen LogP contribution in [-0.4, -0.2) is 59.2 Å². The van der Waals surface area contributed by atoms with Gasteiger partial charge in [0.05, 0.1) is 28.8 Å². The zero-order valence-electron chi connectivity index (χ0n) is 25.9. The molecule has 0 saturated carbocycles. The van der Waals surface area contributed by atoms with Crippen molar-refractivity contribution in [1.29, 1.82) is 0 Å². The molecule has 0 spiro atoms. The van der Waals surface area contributed by atoms with Crippen LogP contribution in [-0.2, 0) is 24.1 Å². The molecule has 0 atom stereocenters. The third kappa shape index (κ3) is 5.86. The molecule has 7 nitrogen and oxygen atoms in total. The fraction of sp³-hybridized carbons (Fsp3) is 0.344. The van der Waals surface area contributed by atoms with E-state index in [0.717, 1.165) is 10.8 Å². The van der Waals surface area contributed by atoms with E-state index in [0.29, 0.717) is 21.9 Å². The van der Waals surface area contributed by atoms with Crippen LogP contribution < -0.4 is 5.19 Å². The van der Waals surface area contributed by atoms with E-state index >= 15 is 0 Å². The lowest BCUT2D eigenvalue weighted by molar-refractivity contribution is 0.00578. The summed E-state index contributed by atoms with van der Waals surface area (Å²) in [7, 11) is -4.72. The van der Waals surface area contributed by atoms with Gasteiger partial charge in [-0.05, 0) is 64.4 Å². The molecular weight excluding hydrogens is 565 g/mol. The van der Waals surface area contributed by atoms with Gasteiger partial charge in [-0.1, -0.05) is 78.4 Å². The molecular formula is C32H40BNO6SSi. The van der Waals surface area contributed by atoms with E-state index in [1.807, 2.05) is 65.0 Å². The first kappa shape index (κ1) is 31.8. The average molecular weight is 606 g/mol. The van der Waals surface area contributed by atoms with Crippen LogP contribution >= 0.6 is 0 Å². The lowest BCUT2D eigenvalue weighted by Crippen LogP contribution is -2.51. The van der Waals surface area contributed by atoms with Gasteiger partial charge < -0.3 is 14.0 Å². The smallest absolute Gasteiger partial charge is 0.465 e. The van der Waals surface area contributed by atoms with Crippen LogP contribution in [0.2, 0.25) is 13.1 Å². The number of nitrogens with zero attached hydrogens (tertiary/aromatic N) is 1. The normalized spacial score (nSPS) is 17.0. The fourth-order valence-corrected chi connectivity index (χ4v) is 10.3. The molecule has 0 aliphatic carbocycles. The summed E-state index contributed by atoms with van der Waals surface area (Å²) in [5.41, 5.74) is 1.31. The van der Waals surface area contributed by atoms with Crippen molar-refractivity contribution >= 4 is 41.8 Å². The Morgan fingerprint density at radius 3 is 1.83 bits per heavy atom. The van der Waals surface area contributed by atoms with E-state index in [9.17, 15) is 13.2 Å². The number of methoxy groups -OCH3 is 1. The highest BCUT2D eigenvalue weighted by molar-refractivity contribution is 7.89. The van der Waals surface area contributed by atoms with E-state index in [1.54, 1.807) is 55.6 Å². The summed E-state index contributed by atoms with van der Waals surface area (Å²) in [4.78, 5) is 12.5. The van der Waals surface area contributed by atoms with Gasteiger partial charge in [0.2, 0.25) is 0 Å². The molecule has 0 aromatic heterocycles. The predicted octanol–water partition coefficient (Wildman–Crippen LogP) is 5.60. The predicted molar refractivity (Wildman–Crippen MR) is 170 cm³/mol. The summed E-state index contributed by atoms with van der Waals surface area (Å²) < 4.78 is 48.2. The van der Waals surface area contributed by atoms with Gasteiger partial charge in [0.25, 0.3) is 10.0 Å². The quantitative estimate of drug-likeness (QED) is 0.246. The van der Waals surface area contributed by atoms with Gasteiger partial charge in [0, 0.05) is 17.8 Å². The monoisotopic (exact) mass is 605 g/mol. The van der Waals surface area contributed by atoms with Gasteiger partial charge in [-0.25, -0.2) is 13.2 Å². The molecule has 1 fully saturated rings. The minimum absolute atomic E-state index is 0.195. The molecule has 1 aliphatic rings. The van der Waals surface area contributed by atoms with Crippen LogP contribution in [0.1, 0.15) is 49.2 Å². The molecule has 4 rings (SSSR count). The van der Waals surface area contributed by atoms with Crippen LogP contribution in [0.4, 0.5) is 0 Å². The fourth-order valence-electron chi connectivity index (χ4n) is 5.13. The number of esters is 1. The van der Waals surface area contributed by atoms with Gasteiger partial charge in [0.1, 0.15) is 8.07 Å². The summed E-state index contributed by atoms with van der Waals surface area (Å²) in [6, 6.07) is 23.8. The Morgan fingerprint density at radius 1 is 0.833 bits per heavy atom. The molecule has 0 bridgehead atoms. The lowest BCUT2D eigenvalue weighted by Gasteiger charge is -2.36. The molecule has 0 radical (unpaired) electrons. The number of carbonyl (C=O) groups is 1. The summed E-state index contributed by atoms with van der Waals surface area (Å²) in [5.74, 6) is -0.457. The van der Waals surface area contributed by atoms with Crippen molar-refractivity contribution in [1.82, 2.24) is 4.31 Å². The van der Waals surface area contributed by atoms with Crippen molar-refractivity contribution < 1.29 is 27.3 Å². The van der Waals surface area contributed by atoms with Crippen molar-refractivity contribution in [2.45, 2.75) is 63.8 Å². The number of sulfonamides is 1. The van der Waals surface area contributed by atoms with Crippen molar-refractivity contribution in [2.24, 2.45) is 0 Å². The highest BCUT2D eigenvalue weighted by atomic mass is 32.2. The van der Waals surface area contributed by atoms with Crippen LogP contribution in [0, 0.1) is 6.92 Å². The van der Waals surface area contributed by atoms with Gasteiger partial charge >= 0.3 is 13.1 Å². The van der Waals surface area contributed by atoms with E-state index < -0.39 is 42.4 Å². The summed E-state index contributed by atoms with van der Waals surface area (Å²) in [5, 5.41) is 1.67. The molecule has 42 heavy (non-hydrogen) atoms. The van der Waals surface area contributed by atoms with Gasteiger partial charge in [-0.15, -0.1) is 0 Å². The largest absolute Gasteiger partial charge is 0.496 e. The van der Waals surface area contributed by atoms with Crippen molar-refractivity contribution in [3.05, 3.63) is 101 Å². The standard InChI is InChI=1S/C32H40BNO6SSi/c1-23-15-21-26(22-16-23)41(36,37)34(6)29(42(8,9)27-13-11-10-12-14-27)28(33-39-31(2,3)32(4,5)40-33)24-17-19-25(20-18-24)30(35)38-7/h10-22H,1-9H3/b29-28-. The Kier molecular flexibility index (Phi) is 8.68. The summed E-state index contributed by atoms with van der Waals surface area (Å²) in [6.07, 6.45) is 0. The Hall–Kier alpha value is -3.18. The highest BCUT2D eigenvalue weighted by Gasteiger charge is 2.54. The number of aryl methyl sites for hydroxylation is 1. The maximum absolute atomic E-state index is 14.3. The first-order valence-corrected chi connectivity index (χ1v) is 18.4. The highest BCUT2D eigenvalue weighted by Crippen LogP contribution is 2.43. The Morgan fingerprint density at radius 2 is 1.33 bits per heavy atom. The topological polar surface area (TPSA) is 82.1 Å². The molecule has 10 heteroatoms. The number of hydrogen-bond donors (Lipinski definition) is 0. The van der Waals surface area contributed by atoms with Crippen LogP contribution in [0.25, 0.3) is 5.47 Å². The second-order valence-corrected chi connectivity index (χ2v) is 18.5. The average Bonchev–Trinajstić information content (AvgIpc) is 3.17. The summed E-state index contributed by atoms with van der Waals surface area (Å²) >= 11 is 0. The SMILES string of the molecule is COC(=O)c1ccc(/C(B2OC(C)(C)C(C)(C)O2)=C(\N(C)S(=O)(=O)c2ccc(C)cc2)[Si](C)(C)c2ccccc2)cc1. The zero-order chi connectivity index (χ0) is 31.1. The zero-order valence-corrected chi connectivity index (χ0v) is 27.7. The second-order valence-electron chi connectivity index (χ2n) is 12.2. The third-order valence-corrected chi connectivity index (χ3v) is 13.9. The van der Waals surface area contributed by atoms with E-state index in [4.69, 9.17) is 14.0 Å².